The van der Waals surface area contributed by atoms with Crippen LogP contribution in [0, 0.1) is 13.8 Å². The first-order valence-corrected chi connectivity index (χ1v) is 17.6. The molecule has 0 fully saturated rings. The topological polar surface area (TPSA) is 13.1 Å². The Labute approximate surface area is 296 Å². The van der Waals surface area contributed by atoms with Gasteiger partial charge in [-0.1, -0.05) is 97.1 Å². The van der Waals surface area contributed by atoms with Crippen molar-refractivity contribution in [3.63, 3.8) is 0 Å². The van der Waals surface area contributed by atoms with E-state index in [2.05, 4.69) is 204 Å². The molecule has 0 N–H and O–H groups in total. The van der Waals surface area contributed by atoms with Crippen molar-refractivity contribution in [3.8, 4) is 11.4 Å². The number of para-hydroxylation sites is 2. The van der Waals surface area contributed by atoms with Gasteiger partial charge < -0.3 is 14.0 Å². The van der Waals surface area contributed by atoms with Crippen LogP contribution in [0.25, 0.3) is 65.8 Å². The number of hydrogen-bond acceptors (Lipinski definition) is 1. The fourth-order valence-corrected chi connectivity index (χ4v) is 8.12. The predicted molar refractivity (Wildman–Crippen MR) is 217 cm³/mol. The Kier molecular flexibility index (Phi) is 6.62. The first-order valence-electron chi connectivity index (χ1n) is 17.6. The van der Waals surface area contributed by atoms with Crippen molar-refractivity contribution >= 4 is 71.4 Å². The molecule has 0 amide bonds. The van der Waals surface area contributed by atoms with Crippen molar-refractivity contribution in [2.75, 3.05) is 4.90 Å². The standard InChI is InChI=1S/C48H35N3/c1-32-12-9-16-35(28-32)50-45-21-7-5-19-40(45)42-30-37(24-26-47(42)50)49(44-23-11-15-34-14-3-4-18-39(34)44)38-25-27-48-43(31-38)41-20-6-8-22-46(41)51(48)36-17-10-13-33(2)29-36/h3-31H,1-2H3. The fourth-order valence-electron chi connectivity index (χ4n) is 8.12. The summed E-state index contributed by atoms with van der Waals surface area (Å²) >= 11 is 0. The van der Waals surface area contributed by atoms with E-state index < -0.39 is 0 Å². The molecule has 0 aliphatic carbocycles. The van der Waals surface area contributed by atoms with Crippen molar-refractivity contribution in [2.45, 2.75) is 13.8 Å². The van der Waals surface area contributed by atoms with Gasteiger partial charge in [-0.25, -0.2) is 0 Å². The van der Waals surface area contributed by atoms with E-state index in [4.69, 9.17) is 0 Å². The Balaban J connectivity index is 1.25. The average molecular weight is 654 g/mol. The van der Waals surface area contributed by atoms with Gasteiger partial charge in [0.25, 0.3) is 0 Å². The first-order chi connectivity index (χ1) is 25.1. The van der Waals surface area contributed by atoms with Gasteiger partial charge in [0.05, 0.1) is 27.8 Å². The second-order valence-corrected chi connectivity index (χ2v) is 13.6. The summed E-state index contributed by atoms with van der Waals surface area (Å²) in [4.78, 5) is 2.44. The van der Waals surface area contributed by atoms with Crippen LogP contribution in [0.5, 0.6) is 0 Å². The maximum Gasteiger partial charge on any atom is 0.0542 e. The Hall–Kier alpha value is -6.58. The third-order valence-electron chi connectivity index (χ3n) is 10.4. The van der Waals surface area contributed by atoms with E-state index >= 15 is 0 Å². The van der Waals surface area contributed by atoms with Gasteiger partial charge in [0.1, 0.15) is 0 Å². The van der Waals surface area contributed by atoms with Crippen LogP contribution in [-0.2, 0) is 0 Å². The van der Waals surface area contributed by atoms with Gasteiger partial charge in [0.2, 0.25) is 0 Å². The molecule has 10 rings (SSSR count). The van der Waals surface area contributed by atoms with Crippen LogP contribution in [0.2, 0.25) is 0 Å². The smallest absolute Gasteiger partial charge is 0.0542 e. The molecule has 51 heavy (non-hydrogen) atoms. The number of benzene rings is 8. The van der Waals surface area contributed by atoms with Crippen LogP contribution in [0.4, 0.5) is 17.1 Å². The lowest BCUT2D eigenvalue weighted by atomic mass is 10.0. The molecule has 10 aromatic rings. The van der Waals surface area contributed by atoms with Gasteiger partial charge in [-0.2, -0.15) is 0 Å². The summed E-state index contributed by atoms with van der Waals surface area (Å²) in [6.45, 7) is 4.32. The number of hydrogen-bond donors (Lipinski definition) is 0. The van der Waals surface area contributed by atoms with Crippen LogP contribution in [0.3, 0.4) is 0 Å². The maximum atomic E-state index is 2.44. The Morgan fingerprint density at radius 1 is 0.353 bits per heavy atom. The van der Waals surface area contributed by atoms with Crippen molar-refractivity contribution in [1.29, 1.82) is 0 Å². The minimum absolute atomic E-state index is 1.12. The van der Waals surface area contributed by atoms with Crippen LogP contribution in [0.1, 0.15) is 11.1 Å². The average Bonchev–Trinajstić information content (AvgIpc) is 3.67. The molecule has 0 aliphatic heterocycles. The molecule has 0 unspecified atom stereocenters. The van der Waals surface area contributed by atoms with Crippen molar-refractivity contribution in [3.05, 3.63) is 187 Å². The van der Waals surface area contributed by atoms with E-state index in [-0.39, 0.29) is 0 Å². The molecule has 0 bridgehead atoms. The summed E-state index contributed by atoms with van der Waals surface area (Å²) in [7, 11) is 0. The molecule has 3 nitrogen and oxygen atoms in total. The molecular weight excluding hydrogens is 619 g/mol. The van der Waals surface area contributed by atoms with Crippen LogP contribution >= 0.6 is 0 Å². The highest BCUT2D eigenvalue weighted by Gasteiger charge is 2.21. The van der Waals surface area contributed by atoms with Crippen molar-refractivity contribution in [2.24, 2.45) is 0 Å². The van der Waals surface area contributed by atoms with E-state index in [1.165, 1.54) is 76.9 Å². The molecule has 3 heteroatoms. The molecule has 2 aromatic heterocycles. The summed E-state index contributed by atoms with van der Waals surface area (Å²) in [5.41, 5.74) is 13.0. The number of aryl methyl sites for hydroxylation is 2. The largest absolute Gasteiger partial charge is 0.310 e. The van der Waals surface area contributed by atoms with Crippen molar-refractivity contribution in [1.82, 2.24) is 9.13 Å². The first kappa shape index (κ1) is 29.3. The summed E-state index contributed by atoms with van der Waals surface area (Å²) in [6.07, 6.45) is 0. The molecule has 0 atom stereocenters. The van der Waals surface area contributed by atoms with Crippen molar-refractivity contribution < 1.29 is 0 Å². The number of nitrogens with zero attached hydrogens (tertiary/aromatic N) is 3. The normalized spacial score (nSPS) is 11.7. The highest BCUT2D eigenvalue weighted by molar-refractivity contribution is 6.13. The molecule has 0 saturated heterocycles. The zero-order chi connectivity index (χ0) is 34.1. The SMILES string of the molecule is Cc1cccc(-n2c3ccccc3c3cc(N(c4ccc5c(c4)c4ccccc4n5-c4cccc(C)c4)c4cccc5ccccc45)ccc32)c1. The third-order valence-corrected chi connectivity index (χ3v) is 10.4. The minimum Gasteiger partial charge on any atom is -0.310 e. The number of rotatable bonds is 5. The second-order valence-electron chi connectivity index (χ2n) is 13.6. The Bertz CT molecular complexity index is 2790. The lowest BCUT2D eigenvalue weighted by Gasteiger charge is -2.27. The van der Waals surface area contributed by atoms with Gasteiger partial charge in [0.15, 0.2) is 0 Å². The summed E-state index contributed by atoms with van der Waals surface area (Å²) in [5.74, 6) is 0. The molecule has 2 heterocycles. The van der Waals surface area contributed by atoms with E-state index in [1.54, 1.807) is 0 Å². The zero-order valence-corrected chi connectivity index (χ0v) is 28.6. The number of anilines is 3. The van der Waals surface area contributed by atoms with Gasteiger partial charge in [-0.05, 0) is 109 Å². The van der Waals surface area contributed by atoms with E-state index in [0.29, 0.717) is 0 Å². The maximum absolute atomic E-state index is 2.44. The number of aromatic nitrogens is 2. The van der Waals surface area contributed by atoms with Gasteiger partial charge in [0, 0.05) is 49.7 Å². The van der Waals surface area contributed by atoms with E-state index in [0.717, 1.165) is 17.1 Å². The van der Waals surface area contributed by atoms with Crippen LogP contribution in [-0.4, -0.2) is 9.13 Å². The zero-order valence-electron chi connectivity index (χ0n) is 28.6. The van der Waals surface area contributed by atoms with Crippen LogP contribution in [0.15, 0.2) is 176 Å². The minimum atomic E-state index is 1.12. The molecule has 8 aromatic carbocycles. The summed E-state index contributed by atoms with van der Waals surface area (Å²) in [5, 5.41) is 7.37. The number of fused-ring (bicyclic) bond motifs is 7. The monoisotopic (exact) mass is 653 g/mol. The highest BCUT2D eigenvalue weighted by Crippen LogP contribution is 2.44. The Morgan fingerprint density at radius 2 is 0.804 bits per heavy atom. The molecule has 0 saturated carbocycles. The fraction of sp³-hybridized carbons (Fsp3) is 0.0417. The third kappa shape index (κ3) is 4.66. The Morgan fingerprint density at radius 3 is 1.35 bits per heavy atom. The molecule has 0 spiro atoms. The highest BCUT2D eigenvalue weighted by atomic mass is 15.1. The predicted octanol–water partition coefficient (Wildman–Crippen LogP) is 13.1. The lowest BCUT2D eigenvalue weighted by Crippen LogP contribution is -2.10. The quantitative estimate of drug-likeness (QED) is 0.180. The van der Waals surface area contributed by atoms with Gasteiger partial charge >= 0.3 is 0 Å². The molecular formula is C48H35N3. The molecule has 0 radical (unpaired) electrons. The summed E-state index contributed by atoms with van der Waals surface area (Å²) < 4.78 is 4.80. The second kappa shape index (κ2) is 11.5. The van der Waals surface area contributed by atoms with Gasteiger partial charge in [-0.15, -0.1) is 0 Å². The molecule has 0 aliphatic rings. The van der Waals surface area contributed by atoms with E-state index in [9.17, 15) is 0 Å². The molecule has 242 valence electrons. The van der Waals surface area contributed by atoms with E-state index in [1.807, 2.05) is 0 Å². The lowest BCUT2D eigenvalue weighted by molar-refractivity contribution is 1.17. The van der Waals surface area contributed by atoms with Crippen LogP contribution < -0.4 is 4.90 Å². The van der Waals surface area contributed by atoms with Gasteiger partial charge in [-0.3, -0.25) is 0 Å². The summed E-state index contributed by atoms with van der Waals surface area (Å²) in [6, 6.07) is 64.4.